The van der Waals surface area contributed by atoms with E-state index in [0.29, 0.717) is 17.6 Å². The maximum absolute atomic E-state index is 11.0. The summed E-state index contributed by atoms with van der Waals surface area (Å²) in [6.07, 6.45) is 6.03. The Morgan fingerprint density at radius 3 is 2.32 bits per heavy atom. The highest BCUT2D eigenvalue weighted by molar-refractivity contribution is 7.32. The maximum atomic E-state index is 11.0. The second-order valence-electron chi connectivity index (χ2n) is 7.94. The van der Waals surface area contributed by atoms with Crippen molar-refractivity contribution < 1.29 is 28.5 Å². The van der Waals surface area contributed by atoms with Crippen LogP contribution in [0.4, 0.5) is 0 Å². The van der Waals surface area contributed by atoms with Crippen molar-refractivity contribution in [1.82, 2.24) is 0 Å². The molecule has 1 spiro atoms. The van der Waals surface area contributed by atoms with Gasteiger partial charge in [-0.05, 0) is 67.9 Å². The van der Waals surface area contributed by atoms with E-state index in [4.69, 9.17) is 23.9 Å². The van der Waals surface area contributed by atoms with E-state index in [1.54, 1.807) is 25.3 Å². The molecule has 4 bridgehead atoms. The highest BCUT2D eigenvalue weighted by atomic mass is 31.1. The summed E-state index contributed by atoms with van der Waals surface area (Å²) < 4.78 is 21.9. The van der Waals surface area contributed by atoms with Crippen molar-refractivity contribution in [2.45, 2.75) is 43.5 Å². The molecule has 6 nitrogen and oxygen atoms in total. The lowest BCUT2D eigenvalue weighted by molar-refractivity contribution is -0.645. The third kappa shape index (κ3) is 2.06. The molecule has 4 saturated carbocycles. The van der Waals surface area contributed by atoms with Gasteiger partial charge in [0.1, 0.15) is 0 Å². The molecule has 1 N–H and O–H groups in total. The van der Waals surface area contributed by atoms with Crippen LogP contribution in [0.15, 0.2) is 24.3 Å². The molecule has 7 heteroatoms. The summed E-state index contributed by atoms with van der Waals surface area (Å²) >= 11 is 0. The third-order valence-corrected chi connectivity index (χ3v) is 7.21. The van der Waals surface area contributed by atoms with E-state index in [9.17, 15) is 4.57 Å². The van der Waals surface area contributed by atoms with Gasteiger partial charge >= 0.3 is 8.25 Å². The Hall–Kier alpha value is -1.04. The van der Waals surface area contributed by atoms with Gasteiger partial charge in [-0.3, -0.25) is 0 Å². The first-order valence-corrected chi connectivity index (χ1v) is 10.1. The number of rotatable bonds is 4. The molecule has 1 aromatic rings. The minimum Gasteiger partial charge on any atom is -0.345 e. The minimum atomic E-state index is -2.71. The van der Waals surface area contributed by atoms with Crippen molar-refractivity contribution in [2.24, 2.45) is 23.7 Å². The Balaban J connectivity index is 1.56. The van der Waals surface area contributed by atoms with E-state index in [1.807, 2.05) is 6.07 Å². The van der Waals surface area contributed by atoms with Gasteiger partial charge in [0.25, 0.3) is 5.79 Å². The quantitative estimate of drug-likeness (QED) is 0.648. The van der Waals surface area contributed by atoms with Gasteiger partial charge in [-0.25, -0.2) is 9.41 Å². The molecule has 6 rings (SSSR count). The molecule has 1 aromatic carbocycles. The van der Waals surface area contributed by atoms with E-state index >= 15 is 0 Å². The molecule has 2 unspecified atom stereocenters. The molecule has 0 amide bonds. The summed E-state index contributed by atoms with van der Waals surface area (Å²) in [4.78, 5) is 20.6. The molecule has 5 aliphatic rings. The van der Waals surface area contributed by atoms with Crippen molar-refractivity contribution in [2.75, 3.05) is 7.11 Å². The van der Waals surface area contributed by atoms with Gasteiger partial charge in [-0.15, -0.1) is 4.89 Å². The van der Waals surface area contributed by atoms with Gasteiger partial charge in [0.15, 0.2) is 11.4 Å². The number of ether oxygens (including phenoxy) is 1. The SMILES string of the molecule is COC1(c2cccc(O[P+](=O)O)c2)OOC12C1CC3CC(C1)CC2C3. The van der Waals surface area contributed by atoms with Gasteiger partial charge in [0.05, 0.1) is 0 Å². The topological polar surface area (TPSA) is 74.2 Å². The first kappa shape index (κ1) is 16.2. The standard InChI is InChI=1S/C18H21O6P/c1-21-18(13-3-2-4-16(10-13)22-25(19)20)17(23-24-18)14-6-11-5-12(8-14)9-15(17)7-11/h2-4,10-12,14-15H,5-9H2,1H3/p+1. The zero-order valence-corrected chi connectivity index (χ0v) is 15.0. The average molecular weight is 365 g/mol. The molecule has 1 saturated heterocycles. The van der Waals surface area contributed by atoms with E-state index < -0.39 is 19.6 Å². The zero-order chi connectivity index (χ0) is 17.2. The Kier molecular flexibility index (Phi) is 3.54. The summed E-state index contributed by atoms with van der Waals surface area (Å²) in [5, 5.41) is 0. The predicted molar refractivity (Wildman–Crippen MR) is 87.5 cm³/mol. The van der Waals surface area contributed by atoms with E-state index in [0.717, 1.165) is 17.4 Å². The normalized spacial score (nSPS) is 44.6. The molecular weight excluding hydrogens is 343 g/mol. The lowest BCUT2D eigenvalue weighted by atomic mass is 9.47. The van der Waals surface area contributed by atoms with Crippen molar-refractivity contribution in [3.05, 3.63) is 29.8 Å². The van der Waals surface area contributed by atoms with Crippen LogP contribution in [0, 0.1) is 23.7 Å². The molecular formula is C18H22O6P+. The lowest BCUT2D eigenvalue weighted by Gasteiger charge is -2.68. The minimum absolute atomic E-state index is 0.326. The Morgan fingerprint density at radius 1 is 1.12 bits per heavy atom. The van der Waals surface area contributed by atoms with Crippen LogP contribution in [0.5, 0.6) is 5.75 Å². The number of hydrogen-bond donors (Lipinski definition) is 1. The highest BCUT2D eigenvalue weighted by Crippen LogP contribution is 2.69. The van der Waals surface area contributed by atoms with E-state index in [-0.39, 0.29) is 0 Å². The first-order valence-electron chi connectivity index (χ1n) is 8.94. The fourth-order valence-electron chi connectivity index (χ4n) is 6.20. The van der Waals surface area contributed by atoms with Crippen LogP contribution in [0.3, 0.4) is 0 Å². The van der Waals surface area contributed by atoms with Crippen molar-refractivity contribution in [3.63, 3.8) is 0 Å². The van der Waals surface area contributed by atoms with Crippen LogP contribution < -0.4 is 4.52 Å². The summed E-state index contributed by atoms with van der Waals surface area (Å²) in [6.45, 7) is 0. The molecule has 2 atom stereocenters. The molecule has 25 heavy (non-hydrogen) atoms. The molecule has 134 valence electrons. The summed E-state index contributed by atoms with van der Waals surface area (Å²) in [5.41, 5.74) is 0.318. The van der Waals surface area contributed by atoms with E-state index in [1.165, 1.54) is 32.1 Å². The van der Waals surface area contributed by atoms with Crippen LogP contribution in [0.2, 0.25) is 0 Å². The lowest BCUT2D eigenvalue weighted by Crippen LogP contribution is -2.76. The Labute approximate surface area is 147 Å². The number of benzene rings is 1. The van der Waals surface area contributed by atoms with Crippen LogP contribution in [0.25, 0.3) is 0 Å². The monoisotopic (exact) mass is 365 g/mol. The maximum Gasteiger partial charge on any atom is 0.747 e. The zero-order valence-electron chi connectivity index (χ0n) is 14.1. The van der Waals surface area contributed by atoms with Gasteiger partial charge in [-0.2, -0.15) is 4.89 Å². The van der Waals surface area contributed by atoms with Gasteiger partial charge < -0.3 is 4.74 Å². The largest absolute Gasteiger partial charge is 0.747 e. The highest BCUT2D eigenvalue weighted by Gasteiger charge is 2.76. The Morgan fingerprint density at radius 2 is 1.80 bits per heavy atom. The van der Waals surface area contributed by atoms with Crippen molar-refractivity contribution >= 4 is 8.25 Å². The van der Waals surface area contributed by atoms with Crippen LogP contribution >= 0.6 is 8.25 Å². The summed E-state index contributed by atoms with van der Waals surface area (Å²) in [6, 6.07) is 7.08. The third-order valence-electron chi connectivity index (χ3n) is 6.85. The van der Waals surface area contributed by atoms with Gasteiger partial charge in [-0.1, -0.05) is 12.1 Å². The van der Waals surface area contributed by atoms with Gasteiger partial charge in [0, 0.05) is 17.2 Å². The Bertz CT molecular complexity index is 689. The number of methoxy groups -OCH3 is 1. The van der Waals surface area contributed by atoms with Crippen LogP contribution in [-0.2, 0) is 24.9 Å². The summed E-state index contributed by atoms with van der Waals surface area (Å²) in [7, 11) is -1.06. The molecule has 0 aromatic heterocycles. The van der Waals surface area contributed by atoms with Crippen LogP contribution in [-0.4, -0.2) is 17.6 Å². The molecule has 1 heterocycles. The molecule has 5 fully saturated rings. The molecule has 1 aliphatic heterocycles. The second-order valence-corrected chi connectivity index (χ2v) is 8.60. The van der Waals surface area contributed by atoms with Gasteiger partial charge in [0.2, 0.25) is 0 Å². The smallest absolute Gasteiger partial charge is 0.345 e. The van der Waals surface area contributed by atoms with Crippen LogP contribution in [0.1, 0.15) is 37.7 Å². The second kappa shape index (κ2) is 5.48. The predicted octanol–water partition coefficient (Wildman–Crippen LogP) is 3.67. The fraction of sp³-hybridized carbons (Fsp3) is 0.667. The first-order chi connectivity index (χ1) is 12.1. The number of hydrogen-bond acceptors (Lipinski definition) is 5. The van der Waals surface area contributed by atoms with E-state index in [2.05, 4.69) is 0 Å². The summed E-state index contributed by atoms with van der Waals surface area (Å²) in [5.74, 6) is 1.82. The molecule has 0 radical (unpaired) electrons. The fourth-order valence-corrected chi connectivity index (χ4v) is 6.50. The molecule has 4 aliphatic carbocycles. The average Bonchev–Trinajstić information content (AvgIpc) is 2.54. The van der Waals surface area contributed by atoms with Crippen molar-refractivity contribution in [1.29, 1.82) is 0 Å². The van der Waals surface area contributed by atoms with Crippen molar-refractivity contribution in [3.8, 4) is 5.75 Å².